The summed E-state index contributed by atoms with van der Waals surface area (Å²) in [5.74, 6) is -1.31. The predicted molar refractivity (Wildman–Crippen MR) is 53.5 cm³/mol. The Bertz CT molecular complexity index is 290. The van der Waals surface area contributed by atoms with E-state index in [1.807, 2.05) is 4.72 Å². The maximum Gasteiger partial charge on any atom is 0.321 e. The first-order valence-electron chi connectivity index (χ1n) is 4.53. The molecule has 90 valence electrons. The summed E-state index contributed by atoms with van der Waals surface area (Å²) in [5.41, 5.74) is 0. The Kier molecular flexibility index (Phi) is 6.41. The fraction of sp³-hybridized carbons (Fsp3) is 0.857. The molecule has 1 atom stereocenters. The minimum absolute atomic E-state index is 0.164. The normalized spacial score (nSPS) is 13.7. The highest BCUT2D eigenvalue weighted by Gasteiger charge is 2.22. The summed E-state index contributed by atoms with van der Waals surface area (Å²) < 4.78 is 26.5. The van der Waals surface area contributed by atoms with Crippen LogP contribution in [0.1, 0.15) is 19.8 Å². The van der Waals surface area contributed by atoms with Crippen molar-refractivity contribution in [3.8, 4) is 0 Å². The number of aliphatic hydroxyl groups excluding tert-OH is 1. The van der Waals surface area contributed by atoms with Crippen molar-refractivity contribution in [2.24, 2.45) is 0 Å². The van der Waals surface area contributed by atoms with E-state index in [0.717, 1.165) is 0 Å². The van der Waals surface area contributed by atoms with E-state index < -0.39 is 28.8 Å². The number of aliphatic hydroxyl groups is 1. The minimum Gasteiger partial charge on any atom is -0.480 e. The Labute approximate surface area is 88.7 Å². The number of hydrogen-bond acceptors (Lipinski definition) is 4. The molecule has 1 unspecified atom stereocenters. The van der Waals surface area contributed by atoms with E-state index in [4.69, 9.17) is 10.2 Å². The summed E-state index contributed by atoms with van der Waals surface area (Å²) in [6.45, 7) is 1.62. The van der Waals surface area contributed by atoms with Crippen molar-refractivity contribution in [2.75, 3.05) is 13.2 Å². The van der Waals surface area contributed by atoms with Crippen molar-refractivity contribution in [3.05, 3.63) is 0 Å². The van der Waals surface area contributed by atoms with Gasteiger partial charge in [-0.2, -0.15) is 13.1 Å². The molecule has 0 bridgehead atoms. The predicted octanol–water partition coefficient (Wildman–Crippen LogP) is -1.34. The van der Waals surface area contributed by atoms with E-state index in [0.29, 0.717) is 6.42 Å². The topological polar surface area (TPSA) is 116 Å². The molecule has 0 spiro atoms. The van der Waals surface area contributed by atoms with Gasteiger partial charge in [-0.25, -0.2) is 4.72 Å². The van der Waals surface area contributed by atoms with E-state index >= 15 is 0 Å². The number of rotatable bonds is 8. The van der Waals surface area contributed by atoms with Crippen LogP contribution in [-0.4, -0.2) is 43.8 Å². The molecule has 0 rings (SSSR count). The number of hydrogen-bond donors (Lipinski definition) is 4. The summed E-state index contributed by atoms with van der Waals surface area (Å²) >= 11 is 0. The molecule has 7 nitrogen and oxygen atoms in total. The quantitative estimate of drug-likeness (QED) is 0.419. The fourth-order valence-corrected chi connectivity index (χ4v) is 1.98. The third-order valence-corrected chi connectivity index (χ3v) is 2.73. The maximum absolute atomic E-state index is 11.2. The van der Waals surface area contributed by atoms with Gasteiger partial charge in [0.15, 0.2) is 0 Å². The first-order chi connectivity index (χ1) is 6.93. The van der Waals surface area contributed by atoms with Crippen LogP contribution in [0.2, 0.25) is 0 Å². The van der Waals surface area contributed by atoms with Gasteiger partial charge < -0.3 is 10.2 Å². The van der Waals surface area contributed by atoms with Crippen LogP contribution >= 0.6 is 0 Å². The van der Waals surface area contributed by atoms with Gasteiger partial charge in [-0.15, -0.1) is 0 Å². The van der Waals surface area contributed by atoms with Crippen LogP contribution in [0.25, 0.3) is 0 Å². The molecule has 0 radical (unpaired) electrons. The van der Waals surface area contributed by atoms with E-state index in [-0.39, 0.29) is 13.0 Å². The zero-order valence-electron chi connectivity index (χ0n) is 8.43. The number of carboxylic acids is 1. The largest absolute Gasteiger partial charge is 0.480 e. The van der Waals surface area contributed by atoms with E-state index in [1.54, 1.807) is 6.92 Å². The van der Waals surface area contributed by atoms with Crippen LogP contribution in [0.3, 0.4) is 0 Å². The summed E-state index contributed by atoms with van der Waals surface area (Å²) in [4.78, 5) is 10.6. The standard InChI is InChI=1S/C7H16N2O5S/c1-2-4-8-15(13,14)9-6(3-5-10)7(11)12/h6,8-10H,2-5H2,1H3,(H,11,12). The molecule has 0 aliphatic rings. The van der Waals surface area contributed by atoms with Crippen molar-refractivity contribution < 1.29 is 23.4 Å². The summed E-state index contributed by atoms with van der Waals surface area (Å²) in [6, 6.07) is -1.30. The molecule has 0 fully saturated rings. The molecule has 15 heavy (non-hydrogen) atoms. The van der Waals surface area contributed by atoms with Gasteiger partial charge in [0.1, 0.15) is 6.04 Å². The Hall–Kier alpha value is -0.700. The third-order valence-electron chi connectivity index (χ3n) is 1.56. The number of carbonyl (C=O) groups is 1. The first-order valence-corrected chi connectivity index (χ1v) is 6.01. The Morgan fingerprint density at radius 1 is 1.47 bits per heavy atom. The lowest BCUT2D eigenvalue weighted by atomic mass is 10.2. The number of nitrogens with one attached hydrogen (secondary N) is 2. The molecule has 0 amide bonds. The average Bonchev–Trinajstić information content (AvgIpc) is 2.14. The summed E-state index contributed by atoms with van der Waals surface area (Å²) in [7, 11) is -3.80. The molecule has 0 aromatic rings. The Balaban J connectivity index is 4.32. The average molecular weight is 240 g/mol. The smallest absolute Gasteiger partial charge is 0.321 e. The van der Waals surface area contributed by atoms with Crippen LogP contribution in [0.5, 0.6) is 0 Å². The molecule has 0 saturated carbocycles. The lowest BCUT2D eigenvalue weighted by molar-refractivity contribution is -0.139. The third kappa shape index (κ3) is 6.39. The van der Waals surface area contributed by atoms with Gasteiger partial charge in [0.25, 0.3) is 10.2 Å². The van der Waals surface area contributed by atoms with Crippen molar-refractivity contribution in [3.63, 3.8) is 0 Å². The van der Waals surface area contributed by atoms with Gasteiger partial charge in [0, 0.05) is 13.2 Å². The summed E-state index contributed by atoms with van der Waals surface area (Å²) in [5, 5.41) is 17.2. The molecule has 0 saturated heterocycles. The van der Waals surface area contributed by atoms with Crippen molar-refractivity contribution in [1.82, 2.24) is 9.44 Å². The molecule has 0 aliphatic carbocycles. The van der Waals surface area contributed by atoms with E-state index in [1.165, 1.54) is 0 Å². The van der Waals surface area contributed by atoms with Crippen LogP contribution in [0.4, 0.5) is 0 Å². The lowest BCUT2D eigenvalue weighted by Gasteiger charge is -2.13. The fourth-order valence-electron chi connectivity index (χ4n) is 0.827. The van der Waals surface area contributed by atoms with Gasteiger partial charge >= 0.3 is 5.97 Å². The van der Waals surface area contributed by atoms with Crippen LogP contribution < -0.4 is 9.44 Å². The second-order valence-corrected chi connectivity index (χ2v) is 4.45. The Morgan fingerprint density at radius 2 is 2.07 bits per heavy atom. The molecular formula is C7H16N2O5S. The Morgan fingerprint density at radius 3 is 2.47 bits per heavy atom. The SMILES string of the molecule is CCCNS(=O)(=O)NC(CCO)C(=O)O. The van der Waals surface area contributed by atoms with Crippen molar-refractivity contribution >= 4 is 16.2 Å². The van der Waals surface area contributed by atoms with Crippen LogP contribution in [-0.2, 0) is 15.0 Å². The lowest BCUT2D eigenvalue weighted by Crippen LogP contribution is -2.46. The highest BCUT2D eigenvalue weighted by atomic mass is 32.2. The molecule has 0 aromatic carbocycles. The number of carboxylic acid groups (broad SMARTS) is 1. The second-order valence-electron chi connectivity index (χ2n) is 2.92. The van der Waals surface area contributed by atoms with Crippen LogP contribution in [0.15, 0.2) is 0 Å². The van der Waals surface area contributed by atoms with Crippen molar-refractivity contribution in [2.45, 2.75) is 25.8 Å². The molecule has 0 aliphatic heterocycles. The van der Waals surface area contributed by atoms with Gasteiger partial charge in [0.2, 0.25) is 0 Å². The molecule has 0 heterocycles. The number of aliphatic carboxylic acids is 1. The van der Waals surface area contributed by atoms with E-state index in [9.17, 15) is 13.2 Å². The molecule has 8 heteroatoms. The molecule has 4 N–H and O–H groups in total. The zero-order chi connectivity index (χ0) is 11.9. The highest BCUT2D eigenvalue weighted by molar-refractivity contribution is 7.87. The van der Waals surface area contributed by atoms with Gasteiger partial charge in [-0.3, -0.25) is 4.79 Å². The molecule has 0 aromatic heterocycles. The zero-order valence-corrected chi connectivity index (χ0v) is 9.25. The first kappa shape index (κ1) is 14.3. The van der Waals surface area contributed by atoms with Gasteiger partial charge in [-0.05, 0) is 12.8 Å². The van der Waals surface area contributed by atoms with Crippen LogP contribution in [0, 0.1) is 0 Å². The highest BCUT2D eigenvalue weighted by Crippen LogP contribution is 1.93. The summed E-state index contributed by atoms with van der Waals surface area (Å²) in [6.07, 6.45) is 0.445. The van der Waals surface area contributed by atoms with Gasteiger partial charge in [0.05, 0.1) is 0 Å². The monoisotopic (exact) mass is 240 g/mol. The van der Waals surface area contributed by atoms with Crippen molar-refractivity contribution in [1.29, 1.82) is 0 Å². The molecular weight excluding hydrogens is 224 g/mol. The maximum atomic E-state index is 11.2. The van der Waals surface area contributed by atoms with Gasteiger partial charge in [-0.1, -0.05) is 6.92 Å². The van der Waals surface area contributed by atoms with E-state index in [2.05, 4.69) is 4.72 Å². The minimum atomic E-state index is -3.80. The second kappa shape index (κ2) is 6.72.